The molecular weight excluding hydrogens is 268 g/mol. The zero-order valence-electron chi connectivity index (χ0n) is 13.2. The van der Waals surface area contributed by atoms with Gasteiger partial charge in [-0.05, 0) is 25.3 Å². The number of carbonyl (C=O) groups is 1. The molecule has 6 heteroatoms. The molecule has 1 fully saturated rings. The summed E-state index contributed by atoms with van der Waals surface area (Å²) in [7, 11) is 1.67. The highest BCUT2D eigenvalue weighted by atomic mass is 16.4. The van der Waals surface area contributed by atoms with Crippen LogP contribution in [0.2, 0.25) is 0 Å². The molecule has 1 aliphatic rings. The van der Waals surface area contributed by atoms with E-state index in [1.54, 1.807) is 19.4 Å². The number of hydrogen-bond donors (Lipinski definition) is 1. The molecule has 0 unspecified atom stereocenters. The molecule has 0 saturated carbocycles. The first-order valence-electron chi connectivity index (χ1n) is 7.27. The number of carboxylic acid groups (broad SMARTS) is 1. The Balaban J connectivity index is 1.98. The molecule has 0 aliphatic carbocycles. The molecule has 1 aromatic rings. The fourth-order valence-corrected chi connectivity index (χ4v) is 2.68. The Morgan fingerprint density at radius 1 is 1.48 bits per heavy atom. The van der Waals surface area contributed by atoms with Crippen molar-refractivity contribution in [2.45, 2.75) is 39.8 Å². The highest BCUT2D eigenvalue weighted by Gasteiger charge is 2.36. The molecule has 1 saturated heterocycles. The van der Waals surface area contributed by atoms with Crippen LogP contribution in [0.3, 0.4) is 0 Å². The molecule has 0 amide bonds. The molecule has 2 heterocycles. The quantitative estimate of drug-likeness (QED) is 0.889. The number of likely N-dealkylation sites (N-methyl/N-ethyl adjacent to an activating group) is 1. The summed E-state index contributed by atoms with van der Waals surface area (Å²) < 4.78 is 0. The lowest BCUT2D eigenvalue weighted by Crippen LogP contribution is -2.33. The summed E-state index contributed by atoms with van der Waals surface area (Å²) in [4.78, 5) is 23.2. The van der Waals surface area contributed by atoms with Crippen LogP contribution in [0.15, 0.2) is 12.4 Å². The number of likely N-dealkylation sites (tertiary alicyclic amines) is 1. The highest BCUT2D eigenvalue weighted by Crippen LogP contribution is 2.36. The van der Waals surface area contributed by atoms with E-state index in [0.29, 0.717) is 17.4 Å². The number of anilines is 1. The summed E-state index contributed by atoms with van der Waals surface area (Å²) in [6, 6.07) is 0.534. The lowest BCUT2D eigenvalue weighted by Gasteiger charge is -2.29. The standard InChI is InChI=1S/C15H24N4O2/c1-11-15(2,3)5-6-19(11)9-12-7-16-14(17-8-12)18(4)10-13(20)21/h7-8,11H,5-6,9-10H2,1-4H3,(H,20,21)/t11-/m0/s1. The van der Waals surface area contributed by atoms with Gasteiger partial charge in [0.05, 0.1) is 0 Å². The van der Waals surface area contributed by atoms with Crippen molar-refractivity contribution in [1.82, 2.24) is 14.9 Å². The van der Waals surface area contributed by atoms with Crippen molar-refractivity contribution in [2.24, 2.45) is 5.41 Å². The molecule has 1 atom stereocenters. The van der Waals surface area contributed by atoms with E-state index in [1.807, 2.05) is 0 Å². The fourth-order valence-electron chi connectivity index (χ4n) is 2.68. The van der Waals surface area contributed by atoms with Crippen LogP contribution in [-0.4, -0.2) is 52.1 Å². The Hall–Kier alpha value is -1.69. The monoisotopic (exact) mass is 292 g/mol. The summed E-state index contributed by atoms with van der Waals surface area (Å²) >= 11 is 0. The van der Waals surface area contributed by atoms with Gasteiger partial charge in [-0.2, -0.15) is 0 Å². The predicted octanol–water partition coefficient (Wildman–Crippen LogP) is 1.62. The Morgan fingerprint density at radius 2 is 2.10 bits per heavy atom. The second-order valence-corrected chi connectivity index (χ2v) is 6.53. The second-order valence-electron chi connectivity index (χ2n) is 6.53. The summed E-state index contributed by atoms with van der Waals surface area (Å²) in [5, 5.41) is 8.76. The van der Waals surface area contributed by atoms with Gasteiger partial charge in [-0.3, -0.25) is 9.69 Å². The summed E-state index contributed by atoms with van der Waals surface area (Å²) in [5.41, 5.74) is 1.41. The van der Waals surface area contributed by atoms with E-state index in [4.69, 9.17) is 5.11 Å². The van der Waals surface area contributed by atoms with Crippen molar-refractivity contribution < 1.29 is 9.90 Å². The molecule has 6 nitrogen and oxygen atoms in total. The van der Waals surface area contributed by atoms with Crippen LogP contribution < -0.4 is 4.90 Å². The third-order valence-electron chi connectivity index (χ3n) is 4.51. The van der Waals surface area contributed by atoms with Gasteiger partial charge in [0.2, 0.25) is 5.95 Å². The molecular formula is C15H24N4O2. The molecule has 0 aromatic carbocycles. The van der Waals surface area contributed by atoms with Gasteiger partial charge in [-0.1, -0.05) is 13.8 Å². The van der Waals surface area contributed by atoms with E-state index in [0.717, 1.165) is 18.7 Å². The number of rotatable bonds is 5. The molecule has 0 spiro atoms. The van der Waals surface area contributed by atoms with Gasteiger partial charge in [0.1, 0.15) is 6.54 Å². The van der Waals surface area contributed by atoms with Crippen LogP contribution in [-0.2, 0) is 11.3 Å². The largest absolute Gasteiger partial charge is 0.480 e. The van der Waals surface area contributed by atoms with Crippen LogP contribution in [0.4, 0.5) is 5.95 Å². The molecule has 21 heavy (non-hydrogen) atoms. The number of carboxylic acids is 1. The van der Waals surface area contributed by atoms with Gasteiger partial charge in [0, 0.05) is 37.6 Å². The normalized spacial score (nSPS) is 21.4. The zero-order chi connectivity index (χ0) is 15.6. The van der Waals surface area contributed by atoms with Crippen molar-refractivity contribution in [2.75, 3.05) is 25.0 Å². The van der Waals surface area contributed by atoms with E-state index in [2.05, 4.69) is 35.6 Å². The number of hydrogen-bond acceptors (Lipinski definition) is 5. The first-order chi connectivity index (χ1) is 9.79. The first kappa shape index (κ1) is 15.7. The van der Waals surface area contributed by atoms with E-state index < -0.39 is 5.97 Å². The predicted molar refractivity (Wildman–Crippen MR) is 81.2 cm³/mol. The maximum Gasteiger partial charge on any atom is 0.323 e. The van der Waals surface area contributed by atoms with Crippen LogP contribution in [0.5, 0.6) is 0 Å². The summed E-state index contributed by atoms with van der Waals surface area (Å²) in [6.45, 7) is 8.71. The van der Waals surface area contributed by atoms with E-state index in [-0.39, 0.29) is 6.54 Å². The van der Waals surface area contributed by atoms with E-state index >= 15 is 0 Å². The van der Waals surface area contributed by atoms with Crippen molar-refractivity contribution >= 4 is 11.9 Å². The maximum absolute atomic E-state index is 10.7. The number of aliphatic carboxylic acids is 1. The lowest BCUT2D eigenvalue weighted by molar-refractivity contribution is -0.135. The molecule has 2 rings (SSSR count). The minimum atomic E-state index is -0.890. The molecule has 0 radical (unpaired) electrons. The SMILES string of the molecule is C[C@@H]1N(Cc2cnc(N(C)CC(=O)O)nc2)CCC1(C)C. The van der Waals surface area contributed by atoms with Gasteiger partial charge in [0.25, 0.3) is 0 Å². The lowest BCUT2D eigenvalue weighted by atomic mass is 9.86. The van der Waals surface area contributed by atoms with Gasteiger partial charge < -0.3 is 10.0 Å². The molecule has 1 N–H and O–H groups in total. The Kier molecular flexibility index (Phi) is 4.46. The zero-order valence-corrected chi connectivity index (χ0v) is 13.2. The Morgan fingerprint density at radius 3 is 2.57 bits per heavy atom. The highest BCUT2D eigenvalue weighted by molar-refractivity contribution is 5.72. The van der Waals surface area contributed by atoms with E-state index in [1.165, 1.54) is 11.3 Å². The van der Waals surface area contributed by atoms with Gasteiger partial charge in [0.15, 0.2) is 0 Å². The minimum absolute atomic E-state index is 0.101. The molecule has 0 bridgehead atoms. The van der Waals surface area contributed by atoms with Crippen LogP contribution in [0.25, 0.3) is 0 Å². The van der Waals surface area contributed by atoms with E-state index in [9.17, 15) is 4.79 Å². The molecule has 1 aliphatic heterocycles. The molecule has 1 aromatic heterocycles. The van der Waals surface area contributed by atoms with Crippen LogP contribution in [0, 0.1) is 5.41 Å². The van der Waals surface area contributed by atoms with Gasteiger partial charge in [-0.25, -0.2) is 9.97 Å². The fraction of sp³-hybridized carbons (Fsp3) is 0.667. The van der Waals surface area contributed by atoms with Gasteiger partial charge in [-0.15, -0.1) is 0 Å². The minimum Gasteiger partial charge on any atom is -0.480 e. The Labute approximate surface area is 125 Å². The number of nitrogens with zero attached hydrogens (tertiary/aromatic N) is 4. The Bertz CT molecular complexity index is 501. The average Bonchev–Trinajstić information content (AvgIpc) is 2.66. The summed E-state index contributed by atoms with van der Waals surface area (Å²) in [5.74, 6) is -0.450. The third kappa shape index (κ3) is 3.69. The van der Waals surface area contributed by atoms with Crippen molar-refractivity contribution in [3.8, 4) is 0 Å². The summed E-state index contributed by atoms with van der Waals surface area (Å²) in [6.07, 6.45) is 4.78. The maximum atomic E-state index is 10.7. The van der Waals surface area contributed by atoms with Crippen molar-refractivity contribution in [3.05, 3.63) is 18.0 Å². The van der Waals surface area contributed by atoms with Crippen molar-refractivity contribution in [3.63, 3.8) is 0 Å². The topological polar surface area (TPSA) is 69.6 Å². The van der Waals surface area contributed by atoms with Crippen LogP contribution >= 0.6 is 0 Å². The molecule has 116 valence electrons. The first-order valence-corrected chi connectivity index (χ1v) is 7.27. The van der Waals surface area contributed by atoms with Gasteiger partial charge >= 0.3 is 5.97 Å². The smallest absolute Gasteiger partial charge is 0.323 e. The second kappa shape index (κ2) is 5.97. The average molecular weight is 292 g/mol. The third-order valence-corrected chi connectivity index (χ3v) is 4.51. The number of aromatic nitrogens is 2. The van der Waals surface area contributed by atoms with Crippen molar-refractivity contribution in [1.29, 1.82) is 0 Å². The van der Waals surface area contributed by atoms with Crippen LogP contribution in [0.1, 0.15) is 32.8 Å².